The van der Waals surface area contributed by atoms with E-state index in [1.807, 2.05) is 12.1 Å². The minimum Gasteiger partial charge on any atom is -0.383 e. The summed E-state index contributed by atoms with van der Waals surface area (Å²) < 4.78 is 0. The SMILES string of the molecule is Nc1ncccc1CC(=O)C1CN2CCN1CC2. The lowest BCUT2D eigenvalue weighted by Gasteiger charge is -2.46. The number of pyridine rings is 1. The molecular formula is C13H18N4O. The maximum Gasteiger partial charge on any atom is 0.155 e. The molecule has 96 valence electrons. The Morgan fingerprint density at radius 3 is 2.78 bits per heavy atom. The number of carbonyl (C=O) groups is 1. The predicted octanol–water partition coefficient (Wildman–Crippen LogP) is -0.225. The molecule has 0 aromatic carbocycles. The fourth-order valence-electron chi connectivity index (χ4n) is 2.83. The molecule has 1 unspecified atom stereocenters. The van der Waals surface area contributed by atoms with Crippen molar-refractivity contribution >= 4 is 11.6 Å². The highest BCUT2D eigenvalue weighted by Crippen LogP contribution is 2.18. The number of fused-ring (bicyclic) bond motifs is 3. The number of nitrogens with two attached hydrogens (primary N) is 1. The summed E-state index contributed by atoms with van der Waals surface area (Å²) in [5.74, 6) is 0.737. The maximum atomic E-state index is 12.4. The van der Waals surface area contributed by atoms with Crippen LogP contribution in [0.5, 0.6) is 0 Å². The Morgan fingerprint density at radius 2 is 2.17 bits per heavy atom. The number of rotatable bonds is 3. The zero-order chi connectivity index (χ0) is 12.5. The smallest absolute Gasteiger partial charge is 0.155 e. The van der Waals surface area contributed by atoms with Crippen LogP contribution in [0.4, 0.5) is 5.82 Å². The van der Waals surface area contributed by atoms with Crippen LogP contribution < -0.4 is 5.73 Å². The number of aromatic nitrogens is 1. The number of carbonyl (C=O) groups excluding carboxylic acids is 1. The minimum absolute atomic E-state index is 0.0482. The Labute approximate surface area is 107 Å². The van der Waals surface area contributed by atoms with Gasteiger partial charge in [-0.15, -0.1) is 0 Å². The first-order valence-corrected chi connectivity index (χ1v) is 6.42. The van der Waals surface area contributed by atoms with Gasteiger partial charge < -0.3 is 5.73 Å². The normalized spacial score (nSPS) is 30.3. The third-order valence-corrected chi connectivity index (χ3v) is 3.94. The second kappa shape index (κ2) is 4.66. The van der Waals surface area contributed by atoms with E-state index in [1.54, 1.807) is 6.20 Å². The average molecular weight is 246 g/mol. The van der Waals surface area contributed by atoms with E-state index in [0.717, 1.165) is 38.3 Å². The van der Waals surface area contributed by atoms with E-state index >= 15 is 0 Å². The van der Waals surface area contributed by atoms with Crippen LogP contribution in [0.15, 0.2) is 18.3 Å². The monoisotopic (exact) mass is 246 g/mol. The topological polar surface area (TPSA) is 62.5 Å². The van der Waals surface area contributed by atoms with Gasteiger partial charge in [-0.05, 0) is 6.07 Å². The first-order chi connectivity index (χ1) is 8.74. The summed E-state index contributed by atoms with van der Waals surface area (Å²) in [5, 5.41) is 0. The number of nitrogen functional groups attached to an aromatic ring is 1. The number of hydrogen-bond acceptors (Lipinski definition) is 5. The van der Waals surface area contributed by atoms with Gasteiger partial charge in [0.15, 0.2) is 5.78 Å². The zero-order valence-corrected chi connectivity index (χ0v) is 10.4. The number of nitrogens with zero attached hydrogens (tertiary/aromatic N) is 3. The molecule has 1 aromatic heterocycles. The van der Waals surface area contributed by atoms with Gasteiger partial charge in [0.05, 0.1) is 6.04 Å². The van der Waals surface area contributed by atoms with Crippen LogP contribution >= 0.6 is 0 Å². The summed E-state index contributed by atoms with van der Waals surface area (Å²) in [6.07, 6.45) is 2.05. The van der Waals surface area contributed by atoms with Crippen LogP contribution in [-0.4, -0.2) is 59.3 Å². The van der Waals surface area contributed by atoms with Crippen molar-refractivity contribution in [3.63, 3.8) is 0 Å². The molecule has 3 fully saturated rings. The number of piperazine rings is 3. The highest BCUT2D eigenvalue weighted by molar-refractivity contribution is 5.87. The van der Waals surface area contributed by atoms with Crippen molar-refractivity contribution in [2.75, 3.05) is 38.5 Å². The van der Waals surface area contributed by atoms with Gasteiger partial charge in [-0.3, -0.25) is 14.6 Å². The molecule has 4 rings (SSSR count). The highest BCUT2D eigenvalue weighted by atomic mass is 16.1. The summed E-state index contributed by atoms with van der Waals surface area (Å²) in [7, 11) is 0. The molecule has 5 nitrogen and oxygen atoms in total. The largest absolute Gasteiger partial charge is 0.383 e. The van der Waals surface area contributed by atoms with Crippen LogP contribution in [0.3, 0.4) is 0 Å². The number of hydrogen-bond donors (Lipinski definition) is 1. The van der Waals surface area contributed by atoms with E-state index in [-0.39, 0.29) is 11.8 Å². The van der Waals surface area contributed by atoms with Crippen LogP contribution in [0.25, 0.3) is 0 Å². The fraction of sp³-hybridized carbons (Fsp3) is 0.538. The van der Waals surface area contributed by atoms with Gasteiger partial charge in [0.1, 0.15) is 5.82 Å². The van der Waals surface area contributed by atoms with Crippen molar-refractivity contribution in [1.82, 2.24) is 14.8 Å². The molecule has 1 atom stereocenters. The Balaban J connectivity index is 1.70. The van der Waals surface area contributed by atoms with Gasteiger partial charge in [0, 0.05) is 50.9 Å². The first kappa shape index (κ1) is 11.6. The third-order valence-electron chi connectivity index (χ3n) is 3.94. The number of anilines is 1. The molecule has 0 spiro atoms. The van der Waals surface area contributed by atoms with E-state index < -0.39 is 0 Å². The summed E-state index contributed by atoms with van der Waals surface area (Å²) in [6, 6.07) is 3.76. The Morgan fingerprint density at radius 1 is 1.39 bits per heavy atom. The predicted molar refractivity (Wildman–Crippen MR) is 69.2 cm³/mol. The molecule has 0 amide bonds. The Hall–Kier alpha value is -1.46. The maximum absolute atomic E-state index is 12.4. The van der Waals surface area contributed by atoms with Crippen molar-refractivity contribution in [2.45, 2.75) is 12.5 Å². The van der Waals surface area contributed by atoms with Gasteiger partial charge in [-0.2, -0.15) is 0 Å². The second-order valence-corrected chi connectivity index (χ2v) is 5.04. The average Bonchev–Trinajstić information content (AvgIpc) is 2.42. The molecule has 5 heteroatoms. The quantitative estimate of drug-likeness (QED) is 0.798. The lowest BCUT2D eigenvalue weighted by molar-refractivity contribution is -0.128. The van der Waals surface area contributed by atoms with Crippen molar-refractivity contribution in [2.24, 2.45) is 0 Å². The summed E-state index contributed by atoms with van der Waals surface area (Å²) in [6.45, 7) is 5.09. The fourth-order valence-corrected chi connectivity index (χ4v) is 2.83. The summed E-state index contributed by atoms with van der Waals surface area (Å²) >= 11 is 0. The standard InChI is InChI=1S/C13H18N4O/c14-13-10(2-1-3-15-13)8-12(18)11-9-16-4-6-17(11)7-5-16/h1-3,11H,4-9H2,(H2,14,15). The van der Waals surface area contributed by atoms with Crippen molar-refractivity contribution < 1.29 is 4.79 Å². The van der Waals surface area contributed by atoms with Crippen molar-refractivity contribution in [3.8, 4) is 0 Å². The van der Waals surface area contributed by atoms with E-state index in [9.17, 15) is 4.79 Å². The number of ketones is 1. The summed E-state index contributed by atoms with van der Waals surface area (Å²) in [4.78, 5) is 21.1. The molecule has 0 aliphatic carbocycles. The van der Waals surface area contributed by atoms with E-state index in [1.165, 1.54) is 0 Å². The zero-order valence-electron chi connectivity index (χ0n) is 10.4. The molecule has 1 aromatic rings. The molecule has 2 bridgehead atoms. The lowest BCUT2D eigenvalue weighted by Crippen LogP contribution is -2.63. The van der Waals surface area contributed by atoms with Crippen molar-refractivity contribution in [3.05, 3.63) is 23.9 Å². The Kier molecular flexibility index (Phi) is 3.01. The first-order valence-electron chi connectivity index (χ1n) is 6.42. The van der Waals surface area contributed by atoms with Crippen LogP contribution in [0, 0.1) is 0 Å². The van der Waals surface area contributed by atoms with E-state index in [2.05, 4.69) is 14.8 Å². The summed E-state index contributed by atoms with van der Waals surface area (Å²) in [5.41, 5.74) is 6.63. The van der Waals surface area contributed by atoms with Crippen LogP contribution in [0.1, 0.15) is 5.56 Å². The van der Waals surface area contributed by atoms with Gasteiger partial charge in [0.2, 0.25) is 0 Å². The van der Waals surface area contributed by atoms with Crippen molar-refractivity contribution in [1.29, 1.82) is 0 Å². The molecule has 3 saturated heterocycles. The Bertz CT molecular complexity index is 454. The number of Topliss-reactive ketones (excluding diaryl/α,β-unsaturated/α-hetero) is 1. The molecular weight excluding hydrogens is 228 g/mol. The molecule has 0 saturated carbocycles. The third kappa shape index (κ3) is 2.11. The molecule has 4 heterocycles. The lowest BCUT2D eigenvalue weighted by atomic mass is 9.98. The van der Waals surface area contributed by atoms with Crippen LogP contribution in [0.2, 0.25) is 0 Å². The molecule has 18 heavy (non-hydrogen) atoms. The van der Waals surface area contributed by atoms with E-state index in [4.69, 9.17) is 5.73 Å². The molecule has 2 N–H and O–H groups in total. The van der Waals surface area contributed by atoms with Gasteiger partial charge >= 0.3 is 0 Å². The van der Waals surface area contributed by atoms with Gasteiger partial charge in [0.25, 0.3) is 0 Å². The van der Waals surface area contributed by atoms with Crippen LogP contribution in [-0.2, 0) is 11.2 Å². The molecule has 3 aliphatic heterocycles. The second-order valence-electron chi connectivity index (χ2n) is 5.04. The van der Waals surface area contributed by atoms with E-state index in [0.29, 0.717) is 12.2 Å². The molecule has 3 aliphatic rings. The minimum atomic E-state index is 0.0482. The van der Waals surface area contributed by atoms with Gasteiger partial charge in [-0.25, -0.2) is 4.98 Å². The highest BCUT2D eigenvalue weighted by Gasteiger charge is 2.35. The molecule has 0 radical (unpaired) electrons. The van der Waals surface area contributed by atoms with Gasteiger partial charge in [-0.1, -0.05) is 6.07 Å².